The Morgan fingerprint density at radius 3 is 2.26 bits per heavy atom. The maximum Gasteiger partial charge on any atom is 0.416 e. The van der Waals surface area contributed by atoms with Gasteiger partial charge >= 0.3 is 6.18 Å². The molecule has 0 unspecified atom stereocenters. The number of nitrogens with zero attached hydrogens (tertiary/aromatic N) is 1. The van der Waals surface area contributed by atoms with Gasteiger partial charge in [-0.1, -0.05) is 19.1 Å². The summed E-state index contributed by atoms with van der Waals surface area (Å²) < 4.78 is 37.1. The average Bonchev–Trinajstić information content (AvgIpc) is 2.36. The van der Waals surface area contributed by atoms with Crippen LogP contribution in [0.25, 0.3) is 0 Å². The fourth-order valence-corrected chi connectivity index (χ4v) is 1.61. The molecule has 1 atom stereocenters. The van der Waals surface area contributed by atoms with Gasteiger partial charge in [0.1, 0.15) is 0 Å². The van der Waals surface area contributed by atoms with Gasteiger partial charge in [-0.15, -0.1) is 0 Å². The molecule has 3 nitrogen and oxygen atoms in total. The molecule has 0 aliphatic heterocycles. The number of likely N-dealkylation sites (N-methyl/N-ethyl adjacent to an activating group) is 1. The standard InChI is InChI=1S/C13H17F3N2O/c1-3-11(17)12(19)18(2)8-9-4-6-10(7-5-9)13(14,15)16/h4-7,11H,3,8,17H2,1-2H3/t11-/m0/s1. The van der Waals surface area contributed by atoms with E-state index in [9.17, 15) is 18.0 Å². The van der Waals surface area contributed by atoms with Gasteiger partial charge in [0.15, 0.2) is 0 Å². The fraction of sp³-hybridized carbons (Fsp3) is 0.462. The lowest BCUT2D eigenvalue weighted by atomic mass is 10.1. The van der Waals surface area contributed by atoms with Gasteiger partial charge in [0.25, 0.3) is 0 Å². The zero-order valence-electron chi connectivity index (χ0n) is 10.9. The summed E-state index contributed by atoms with van der Waals surface area (Å²) in [4.78, 5) is 13.1. The number of alkyl halides is 3. The van der Waals surface area contributed by atoms with Gasteiger partial charge in [0.2, 0.25) is 5.91 Å². The smallest absolute Gasteiger partial charge is 0.340 e. The van der Waals surface area contributed by atoms with Gasteiger partial charge in [-0.3, -0.25) is 4.79 Å². The summed E-state index contributed by atoms with van der Waals surface area (Å²) in [5.74, 6) is -0.220. The first kappa shape index (κ1) is 15.5. The van der Waals surface area contributed by atoms with E-state index in [1.54, 1.807) is 14.0 Å². The Hall–Kier alpha value is -1.56. The van der Waals surface area contributed by atoms with Crippen LogP contribution in [0, 0.1) is 0 Å². The van der Waals surface area contributed by atoms with Crippen LogP contribution in [-0.4, -0.2) is 23.9 Å². The molecule has 1 aromatic carbocycles. The van der Waals surface area contributed by atoms with E-state index in [0.29, 0.717) is 12.0 Å². The Morgan fingerprint density at radius 2 is 1.84 bits per heavy atom. The van der Waals surface area contributed by atoms with E-state index in [0.717, 1.165) is 12.1 Å². The van der Waals surface area contributed by atoms with Crippen molar-refractivity contribution < 1.29 is 18.0 Å². The van der Waals surface area contributed by atoms with Crippen molar-refractivity contribution in [2.45, 2.75) is 32.1 Å². The highest BCUT2D eigenvalue weighted by atomic mass is 19.4. The van der Waals surface area contributed by atoms with Crippen LogP contribution in [0.5, 0.6) is 0 Å². The van der Waals surface area contributed by atoms with Crippen molar-refractivity contribution in [1.82, 2.24) is 4.90 Å². The summed E-state index contributed by atoms with van der Waals surface area (Å²) in [6.07, 6.45) is -3.82. The van der Waals surface area contributed by atoms with Crippen molar-refractivity contribution in [1.29, 1.82) is 0 Å². The number of halogens is 3. The zero-order chi connectivity index (χ0) is 14.6. The van der Waals surface area contributed by atoms with E-state index in [-0.39, 0.29) is 12.5 Å². The van der Waals surface area contributed by atoms with Crippen LogP contribution in [0.1, 0.15) is 24.5 Å². The number of carbonyl (C=O) groups is 1. The maximum absolute atomic E-state index is 12.4. The minimum absolute atomic E-state index is 0.220. The van der Waals surface area contributed by atoms with Crippen molar-refractivity contribution in [2.24, 2.45) is 5.73 Å². The second-order valence-electron chi connectivity index (χ2n) is 4.40. The number of rotatable bonds is 4. The molecule has 0 heterocycles. The zero-order valence-corrected chi connectivity index (χ0v) is 10.9. The first-order valence-electron chi connectivity index (χ1n) is 5.92. The lowest BCUT2D eigenvalue weighted by Gasteiger charge is -2.20. The van der Waals surface area contributed by atoms with Crippen LogP contribution in [0.15, 0.2) is 24.3 Å². The summed E-state index contributed by atoms with van der Waals surface area (Å²) in [7, 11) is 1.58. The van der Waals surface area contributed by atoms with Crippen LogP contribution < -0.4 is 5.73 Å². The molecule has 1 aromatic rings. The van der Waals surface area contributed by atoms with E-state index in [2.05, 4.69) is 0 Å². The molecule has 1 amide bonds. The van der Waals surface area contributed by atoms with E-state index < -0.39 is 17.8 Å². The van der Waals surface area contributed by atoms with Gasteiger partial charge in [-0.2, -0.15) is 13.2 Å². The molecule has 0 saturated heterocycles. The number of amides is 1. The van der Waals surface area contributed by atoms with Crippen LogP contribution in [0.4, 0.5) is 13.2 Å². The van der Waals surface area contributed by atoms with Gasteiger partial charge in [-0.05, 0) is 24.1 Å². The van der Waals surface area contributed by atoms with E-state index in [4.69, 9.17) is 5.73 Å². The van der Waals surface area contributed by atoms with Crippen LogP contribution in [-0.2, 0) is 17.5 Å². The van der Waals surface area contributed by atoms with Crippen LogP contribution in [0.3, 0.4) is 0 Å². The van der Waals surface area contributed by atoms with E-state index in [1.165, 1.54) is 17.0 Å². The topological polar surface area (TPSA) is 46.3 Å². The Labute approximate surface area is 110 Å². The van der Waals surface area contributed by atoms with Crippen molar-refractivity contribution in [2.75, 3.05) is 7.05 Å². The molecule has 0 aromatic heterocycles. The molecular weight excluding hydrogens is 257 g/mol. The molecule has 0 radical (unpaired) electrons. The first-order valence-corrected chi connectivity index (χ1v) is 5.92. The highest BCUT2D eigenvalue weighted by Crippen LogP contribution is 2.29. The molecule has 6 heteroatoms. The summed E-state index contributed by atoms with van der Waals surface area (Å²) in [6, 6.07) is 4.18. The summed E-state index contributed by atoms with van der Waals surface area (Å²) >= 11 is 0. The first-order chi connectivity index (χ1) is 8.75. The molecule has 2 N–H and O–H groups in total. The minimum Gasteiger partial charge on any atom is -0.340 e. The predicted octanol–water partition coefficient (Wildman–Crippen LogP) is 2.40. The summed E-state index contributed by atoms with van der Waals surface area (Å²) in [5.41, 5.74) is 5.55. The Balaban J connectivity index is 2.71. The molecule has 0 aliphatic carbocycles. The number of hydrogen-bond acceptors (Lipinski definition) is 2. The molecule has 19 heavy (non-hydrogen) atoms. The summed E-state index contributed by atoms with van der Waals surface area (Å²) in [5, 5.41) is 0. The number of benzene rings is 1. The average molecular weight is 274 g/mol. The number of nitrogens with two attached hydrogens (primary N) is 1. The second-order valence-corrected chi connectivity index (χ2v) is 4.40. The Kier molecular flexibility index (Phi) is 4.94. The van der Waals surface area contributed by atoms with Crippen molar-refractivity contribution in [3.05, 3.63) is 35.4 Å². The summed E-state index contributed by atoms with van der Waals surface area (Å²) in [6.45, 7) is 2.04. The minimum atomic E-state index is -4.34. The molecule has 0 fully saturated rings. The van der Waals surface area contributed by atoms with Crippen molar-refractivity contribution in [3.8, 4) is 0 Å². The van der Waals surface area contributed by atoms with Crippen LogP contribution in [0.2, 0.25) is 0 Å². The second kappa shape index (κ2) is 6.06. The largest absolute Gasteiger partial charge is 0.416 e. The molecule has 0 aliphatic rings. The lowest BCUT2D eigenvalue weighted by Crippen LogP contribution is -2.40. The Bertz CT molecular complexity index is 429. The van der Waals surface area contributed by atoms with E-state index >= 15 is 0 Å². The van der Waals surface area contributed by atoms with Crippen molar-refractivity contribution >= 4 is 5.91 Å². The molecule has 0 spiro atoms. The highest BCUT2D eigenvalue weighted by molar-refractivity contribution is 5.81. The SMILES string of the molecule is CC[C@H](N)C(=O)N(C)Cc1ccc(C(F)(F)F)cc1. The number of hydrogen-bond donors (Lipinski definition) is 1. The van der Waals surface area contributed by atoms with E-state index in [1.807, 2.05) is 0 Å². The molecule has 0 saturated carbocycles. The predicted molar refractivity (Wildman–Crippen MR) is 66.2 cm³/mol. The van der Waals surface area contributed by atoms with Gasteiger partial charge in [0, 0.05) is 13.6 Å². The number of carbonyl (C=O) groups excluding carboxylic acids is 1. The maximum atomic E-state index is 12.4. The normalized spacial score (nSPS) is 13.2. The third-order valence-electron chi connectivity index (χ3n) is 2.83. The molecule has 1 rings (SSSR count). The third kappa shape index (κ3) is 4.24. The Morgan fingerprint density at radius 1 is 1.32 bits per heavy atom. The monoisotopic (exact) mass is 274 g/mol. The lowest BCUT2D eigenvalue weighted by molar-refractivity contribution is -0.137. The third-order valence-corrected chi connectivity index (χ3v) is 2.83. The van der Waals surface area contributed by atoms with Crippen molar-refractivity contribution in [3.63, 3.8) is 0 Å². The molecule has 0 bridgehead atoms. The molecular formula is C13H17F3N2O. The van der Waals surface area contributed by atoms with Gasteiger partial charge in [-0.25, -0.2) is 0 Å². The van der Waals surface area contributed by atoms with Gasteiger partial charge < -0.3 is 10.6 Å². The van der Waals surface area contributed by atoms with Gasteiger partial charge in [0.05, 0.1) is 11.6 Å². The molecule has 106 valence electrons. The quantitative estimate of drug-likeness (QED) is 0.916. The fourth-order valence-electron chi connectivity index (χ4n) is 1.61. The highest BCUT2D eigenvalue weighted by Gasteiger charge is 2.30. The van der Waals surface area contributed by atoms with Crippen LogP contribution >= 0.6 is 0 Å².